The van der Waals surface area contributed by atoms with Crippen molar-refractivity contribution in [2.24, 2.45) is 0 Å². The van der Waals surface area contributed by atoms with E-state index in [1.807, 2.05) is 0 Å². The van der Waals surface area contributed by atoms with E-state index in [9.17, 15) is 50.1 Å². The highest BCUT2D eigenvalue weighted by Gasteiger charge is 2.30. The molecule has 0 unspecified atom stereocenters. The lowest BCUT2D eigenvalue weighted by molar-refractivity contribution is 0.384. The molecule has 0 bridgehead atoms. The molecule has 0 aromatic heterocycles. The Hall–Kier alpha value is -1.44. The maximum atomic E-state index is 11.8. The van der Waals surface area contributed by atoms with Gasteiger partial charge in [-0.25, -0.2) is 0 Å². The van der Waals surface area contributed by atoms with E-state index in [2.05, 4.69) is 0 Å². The van der Waals surface area contributed by atoms with Gasteiger partial charge in [-0.1, -0.05) is 0 Å². The molecule has 0 aliphatic heterocycles. The van der Waals surface area contributed by atoms with E-state index in [4.69, 9.17) is 4.55 Å². The molecule has 2 rings (SSSR count). The van der Waals surface area contributed by atoms with Crippen LogP contribution in [0.3, 0.4) is 0 Å². The Bertz CT molecular complexity index is 1250. The fraction of sp³-hybridized carbons (Fsp3) is 0. The van der Waals surface area contributed by atoms with Gasteiger partial charge in [0.2, 0.25) is 0 Å². The summed E-state index contributed by atoms with van der Waals surface area (Å²) in [6, 6.07) is 3.49. The van der Waals surface area contributed by atoms with Crippen molar-refractivity contribution in [3.8, 4) is 11.1 Å². The highest BCUT2D eigenvalue weighted by atomic mass is 32.2. The Labute approximate surface area is 158 Å². The van der Waals surface area contributed by atoms with Gasteiger partial charge in [0.15, 0.2) is 0 Å². The van der Waals surface area contributed by atoms with Crippen LogP contribution in [0, 0.1) is 0 Å². The van der Waals surface area contributed by atoms with Crippen LogP contribution in [0.25, 0.3) is 11.1 Å². The molecule has 0 radical (unpaired) electrons. The van der Waals surface area contributed by atoms with Crippen molar-refractivity contribution >= 4 is 46.0 Å². The van der Waals surface area contributed by atoms with Crippen molar-refractivity contribution in [1.82, 2.24) is 0 Å². The zero-order valence-corrected chi connectivity index (χ0v) is 16.7. The molecule has 0 spiro atoms. The maximum absolute atomic E-state index is 11.8. The summed E-state index contributed by atoms with van der Waals surface area (Å²) in [5.74, 6) is 0. The first-order valence-electron chi connectivity index (χ1n) is 6.78. The van der Waals surface area contributed by atoms with E-state index in [1.165, 1.54) is 0 Å². The maximum Gasteiger partial charge on any atom is 0.356 e. The molecule has 0 heterocycles. The van der Waals surface area contributed by atoms with Gasteiger partial charge in [-0.3, -0.25) is 18.2 Å². The summed E-state index contributed by atoms with van der Waals surface area (Å²) in [5, 5.41) is -1.67. The molecule has 28 heavy (non-hydrogen) atoms. The first-order valence-corrected chi connectivity index (χ1v) is 12.9. The zero-order valence-electron chi connectivity index (χ0n) is 13.3. The summed E-state index contributed by atoms with van der Waals surface area (Å²) >= 11 is 0. The van der Waals surface area contributed by atoms with Crippen molar-refractivity contribution in [3.63, 3.8) is 0 Å². The molecule has 0 saturated carbocycles. The molecular formula is C12H12O12P2S2. The molecule has 0 aliphatic rings. The SMILES string of the molecule is O=P(O)(O)c1ccc(P(=O)(O)O)c(-c2cc(S(=O)(=O)O)ccc2S(=O)(=O)O)c1. The minimum absolute atomic E-state index is 0.483. The molecule has 0 atom stereocenters. The third kappa shape index (κ3) is 4.93. The fourth-order valence-corrected chi connectivity index (χ4v) is 4.81. The molecule has 2 aromatic rings. The third-order valence-corrected chi connectivity index (χ3v) is 7.18. The predicted octanol–water partition coefficient (Wildman–Crippen LogP) is -0.547. The van der Waals surface area contributed by atoms with Gasteiger partial charge >= 0.3 is 15.2 Å². The van der Waals surface area contributed by atoms with Crippen molar-refractivity contribution in [2.45, 2.75) is 9.79 Å². The summed E-state index contributed by atoms with van der Waals surface area (Å²) < 4.78 is 87.7. The second kappa shape index (κ2) is 7.11. The third-order valence-electron chi connectivity index (χ3n) is 3.45. The fourth-order valence-electron chi connectivity index (χ4n) is 2.28. The minimum Gasteiger partial charge on any atom is -0.321 e. The second-order valence-electron chi connectivity index (χ2n) is 5.40. The summed E-state index contributed by atoms with van der Waals surface area (Å²) in [6.45, 7) is 0. The average Bonchev–Trinajstić information content (AvgIpc) is 2.50. The van der Waals surface area contributed by atoms with Crippen LogP contribution >= 0.6 is 15.2 Å². The van der Waals surface area contributed by atoms with Gasteiger partial charge in [0.25, 0.3) is 20.2 Å². The Morgan fingerprint density at radius 2 is 1.25 bits per heavy atom. The van der Waals surface area contributed by atoms with Crippen LogP contribution in [-0.2, 0) is 29.4 Å². The lowest BCUT2D eigenvalue weighted by Gasteiger charge is -2.16. The van der Waals surface area contributed by atoms with Crippen LogP contribution < -0.4 is 10.6 Å². The molecule has 0 saturated heterocycles. The van der Waals surface area contributed by atoms with Gasteiger partial charge in [-0.05, 0) is 42.0 Å². The largest absolute Gasteiger partial charge is 0.356 e. The summed E-state index contributed by atoms with van der Waals surface area (Å²) in [5.41, 5.74) is -1.58. The molecule has 0 fully saturated rings. The van der Waals surface area contributed by atoms with Crippen LogP contribution in [0.1, 0.15) is 0 Å². The van der Waals surface area contributed by atoms with Crippen LogP contribution in [-0.4, -0.2) is 45.5 Å². The van der Waals surface area contributed by atoms with Gasteiger partial charge in [0, 0.05) is 5.56 Å². The Morgan fingerprint density at radius 1 is 0.679 bits per heavy atom. The Kier molecular flexibility index (Phi) is 5.80. The normalized spacial score (nSPS) is 13.5. The van der Waals surface area contributed by atoms with Gasteiger partial charge < -0.3 is 19.6 Å². The van der Waals surface area contributed by atoms with Crippen molar-refractivity contribution in [3.05, 3.63) is 36.4 Å². The number of rotatable bonds is 5. The summed E-state index contributed by atoms with van der Waals surface area (Å²) in [7, 11) is -20.1. The van der Waals surface area contributed by atoms with E-state index in [0.717, 1.165) is 0 Å². The van der Waals surface area contributed by atoms with E-state index in [0.29, 0.717) is 36.4 Å². The second-order valence-corrected chi connectivity index (χ2v) is 11.4. The van der Waals surface area contributed by atoms with Crippen LogP contribution in [0.4, 0.5) is 0 Å². The topological polar surface area (TPSA) is 224 Å². The van der Waals surface area contributed by atoms with Gasteiger partial charge in [-0.2, -0.15) is 16.8 Å². The molecule has 154 valence electrons. The lowest BCUT2D eigenvalue weighted by atomic mass is 10.1. The molecular weight excluding hydrogens is 462 g/mol. The zero-order chi connectivity index (χ0) is 21.7. The number of hydrogen-bond donors (Lipinski definition) is 6. The first kappa shape index (κ1) is 22.8. The standard InChI is InChI=1S/C12H12O12P2S2/c13-25(14,15)7-1-3-11(26(16,17)18)9(5-7)10-6-8(27(19,20)21)2-4-12(10)28(22,23)24/h1-6H,(H2,13,14,15)(H2,16,17,18)(H,19,20,21)(H,22,23,24). The summed E-state index contributed by atoms with van der Waals surface area (Å²) in [4.78, 5) is 35.6. The lowest BCUT2D eigenvalue weighted by Crippen LogP contribution is -2.16. The van der Waals surface area contributed by atoms with E-state index in [-0.39, 0.29) is 0 Å². The van der Waals surface area contributed by atoms with Crippen molar-refractivity contribution in [1.29, 1.82) is 0 Å². The van der Waals surface area contributed by atoms with E-state index in [1.54, 1.807) is 0 Å². The Morgan fingerprint density at radius 3 is 1.68 bits per heavy atom. The first-order chi connectivity index (χ1) is 12.4. The highest BCUT2D eigenvalue weighted by molar-refractivity contribution is 7.86. The van der Waals surface area contributed by atoms with Crippen LogP contribution in [0.2, 0.25) is 0 Å². The van der Waals surface area contributed by atoms with E-state index >= 15 is 0 Å². The van der Waals surface area contributed by atoms with Crippen molar-refractivity contribution in [2.75, 3.05) is 0 Å². The average molecular weight is 474 g/mol. The molecule has 2 aromatic carbocycles. The molecule has 0 aliphatic carbocycles. The Balaban J connectivity index is 3.07. The highest BCUT2D eigenvalue weighted by Crippen LogP contribution is 2.42. The molecule has 0 amide bonds. The molecule has 6 N–H and O–H groups in total. The van der Waals surface area contributed by atoms with E-state index < -0.39 is 67.0 Å². The smallest absolute Gasteiger partial charge is 0.321 e. The van der Waals surface area contributed by atoms with Crippen molar-refractivity contribution < 1.29 is 54.6 Å². The quantitative estimate of drug-likeness (QED) is 0.237. The predicted molar refractivity (Wildman–Crippen MR) is 94.9 cm³/mol. The summed E-state index contributed by atoms with van der Waals surface area (Å²) in [6.07, 6.45) is 0. The van der Waals surface area contributed by atoms with Gasteiger partial charge in [-0.15, -0.1) is 0 Å². The number of hydrogen-bond acceptors (Lipinski definition) is 6. The van der Waals surface area contributed by atoms with Gasteiger partial charge in [0.1, 0.15) is 4.90 Å². The molecule has 12 nitrogen and oxygen atoms in total. The number of benzene rings is 2. The van der Waals surface area contributed by atoms with Crippen LogP contribution in [0.5, 0.6) is 0 Å². The van der Waals surface area contributed by atoms with Crippen LogP contribution in [0.15, 0.2) is 46.2 Å². The van der Waals surface area contributed by atoms with Gasteiger partial charge in [0.05, 0.1) is 15.5 Å². The minimum atomic E-state index is -5.16. The monoisotopic (exact) mass is 474 g/mol. The molecule has 16 heteroatoms.